The molecule has 0 fully saturated rings. The summed E-state index contributed by atoms with van der Waals surface area (Å²) >= 11 is 0. The first kappa shape index (κ1) is 76.3. The Kier molecular flexibility index (Phi) is 525. The van der Waals surface area contributed by atoms with Gasteiger partial charge >= 0.3 is 79.9 Å². The van der Waals surface area contributed by atoms with Gasteiger partial charge < -0.3 is 16.4 Å². The van der Waals surface area contributed by atoms with E-state index >= 15 is 0 Å². The van der Waals surface area contributed by atoms with E-state index in [1.165, 1.54) is 0 Å². The zero-order chi connectivity index (χ0) is 0. The van der Waals surface area contributed by atoms with Gasteiger partial charge in [0.2, 0.25) is 0 Å². The van der Waals surface area contributed by atoms with E-state index in [1.54, 1.807) is 0 Å². The van der Waals surface area contributed by atoms with Crippen molar-refractivity contribution in [2.45, 2.75) is 0 Å². The van der Waals surface area contributed by atoms with Crippen molar-refractivity contribution in [1.82, 2.24) is 0 Å². The fourth-order valence-corrected chi connectivity index (χ4v) is 0. The third-order valence-electron chi connectivity index (χ3n) is 0. The van der Waals surface area contributed by atoms with Gasteiger partial charge in [-0.15, -0.1) is 0 Å². The predicted molar refractivity (Wildman–Crippen MR) is 2.06 cm³/mol. The minimum absolute atomic E-state index is 0. The van der Waals surface area contributed by atoms with Crippen molar-refractivity contribution in [1.29, 1.82) is 0 Å². The molecule has 0 spiro atoms. The molecular formula is Gd2O3Pu2U2. The molecule has 3 nitrogen and oxygen atoms in total. The van der Waals surface area contributed by atoms with Gasteiger partial charge in [0.25, 0.3) is 0 Å². The molecule has 0 amide bonds. The summed E-state index contributed by atoms with van der Waals surface area (Å²) in [5.74, 6) is 0. The topological polar surface area (TPSA) is 85.5 Å². The molecule has 0 unspecified atom stereocenters. The Hall–Kier alpha value is 6.61. The molecule has 0 aromatic rings. The van der Waals surface area contributed by atoms with Crippen molar-refractivity contribution in [3.8, 4) is 0 Å². The van der Waals surface area contributed by atoms with Crippen LogP contribution in [0.4, 0.5) is 0 Å². The second-order valence-corrected chi connectivity index (χ2v) is 0. The Morgan fingerprint density at radius 2 is 0.444 bits per heavy atom. The average molecular weight is 1330 g/mol. The van der Waals surface area contributed by atoms with Gasteiger partial charge in [0.15, 0.2) is 0 Å². The maximum absolute atomic E-state index is 0. The third-order valence-corrected chi connectivity index (χ3v) is 0. The summed E-state index contributed by atoms with van der Waals surface area (Å²) in [5.41, 5.74) is 0. The van der Waals surface area contributed by atoms with E-state index in [4.69, 9.17) is 0 Å². The van der Waals surface area contributed by atoms with Gasteiger partial charge in [-0.2, -0.15) is 0 Å². The summed E-state index contributed by atoms with van der Waals surface area (Å²) in [5, 5.41) is 0. The van der Waals surface area contributed by atoms with Crippen molar-refractivity contribution in [2.24, 2.45) is 0 Å². The number of hydrogen-bond acceptors (Lipinski definition) is 0. The van der Waals surface area contributed by atoms with Crippen molar-refractivity contribution >= 4 is 0 Å². The van der Waals surface area contributed by atoms with E-state index in [-0.39, 0.29) is 217 Å². The monoisotopic (exact) mass is 1320 g/mol. The van der Waals surface area contributed by atoms with Gasteiger partial charge in [-0.3, -0.25) is 0 Å². The summed E-state index contributed by atoms with van der Waals surface area (Å²) in [6, 6.07) is 0. The van der Waals surface area contributed by atoms with E-state index in [2.05, 4.69) is 0 Å². The fourth-order valence-electron chi connectivity index (χ4n) is 0. The van der Waals surface area contributed by atoms with Crippen LogP contribution in [0, 0.1) is 200 Å². The van der Waals surface area contributed by atoms with Crippen LogP contribution in [0.5, 0.6) is 0 Å². The maximum atomic E-state index is 0. The Bertz CT molecular complexity index is 17.8. The summed E-state index contributed by atoms with van der Waals surface area (Å²) in [4.78, 5) is 0. The Morgan fingerprint density at radius 1 is 0.444 bits per heavy atom. The minimum Gasteiger partial charge on any atom is -2.00 e. The Labute approximate surface area is 210 Å². The van der Waals surface area contributed by atoms with Crippen LogP contribution in [-0.4, -0.2) is 0 Å². The molecular weight excluding hydrogens is 1330 g/mol. The van der Waals surface area contributed by atoms with Gasteiger partial charge in [0.05, 0.1) is 0 Å². The van der Waals surface area contributed by atoms with E-state index in [9.17, 15) is 0 Å². The van der Waals surface area contributed by atoms with Crippen molar-refractivity contribution in [3.05, 3.63) is 0 Å². The summed E-state index contributed by atoms with van der Waals surface area (Å²) < 4.78 is 0. The Balaban J connectivity index is 0. The van der Waals surface area contributed by atoms with Crippen molar-refractivity contribution in [2.75, 3.05) is 0 Å². The molecule has 0 aromatic carbocycles. The zero-order valence-corrected chi connectivity index (χ0v) is 23.4. The quantitative estimate of drug-likeness (QED) is 0.318. The molecule has 2 radical (unpaired) electrons. The van der Waals surface area contributed by atoms with E-state index in [1.807, 2.05) is 0 Å². The Morgan fingerprint density at radius 3 is 0.444 bits per heavy atom. The van der Waals surface area contributed by atoms with E-state index < -0.39 is 0 Å². The van der Waals surface area contributed by atoms with E-state index in [0.29, 0.717) is 0 Å². The number of rotatable bonds is 0. The predicted octanol–water partition coefficient (Wildman–Crippen LogP) is -0.356. The molecule has 0 saturated heterocycles. The van der Waals surface area contributed by atoms with Crippen LogP contribution in [0.1, 0.15) is 0 Å². The molecule has 0 aromatic heterocycles. The van der Waals surface area contributed by atoms with Crippen LogP contribution >= 0.6 is 0 Å². The SMILES string of the molecule is [Gd+3].[Gd+3].[O-2].[O-2].[O-2].[Pu].[Pu].[U].[U]. The first-order chi connectivity index (χ1) is 0. The molecule has 0 bridgehead atoms. The first-order valence-electron chi connectivity index (χ1n) is 0. The zero-order valence-electron chi connectivity index (χ0n) is 3.75. The molecule has 0 aliphatic carbocycles. The van der Waals surface area contributed by atoms with Crippen LogP contribution in [0.2, 0.25) is 0 Å². The van der Waals surface area contributed by atoms with E-state index in [0.717, 1.165) is 0 Å². The van der Waals surface area contributed by atoms with Gasteiger partial charge in [-0.05, 0) is 0 Å². The van der Waals surface area contributed by atoms with Gasteiger partial charge in [-0.25, -0.2) is 0 Å². The maximum Gasteiger partial charge on any atom is 3.00 e. The molecule has 0 aliphatic heterocycles. The fraction of sp³-hybridized carbons (Fsp3) is 0. The molecule has 0 heterocycles. The summed E-state index contributed by atoms with van der Waals surface area (Å²) in [6.07, 6.45) is 0. The first-order valence-corrected chi connectivity index (χ1v) is 0. The summed E-state index contributed by atoms with van der Waals surface area (Å²) in [7, 11) is 0. The largest absolute Gasteiger partial charge is 3.00 e. The third kappa shape index (κ3) is 53.2. The number of hydrogen-bond donors (Lipinski definition) is 0. The molecule has 0 saturated carbocycles. The molecule has 0 rings (SSSR count). The van der Waals surface area contributed by atoms with Crippen LogP contribution in [-0.2, 0) is 16.4 Å². The average Bonchev–Trinajstić information content (AvgIpc) is 0. The van der Waals surface area contributed by atoms with Crippen molar-refractivity contribution in [3.63, 3.8) is 0 Å². The van der Waals surface area contributed by atoms with Gasteiger partial charge in [0.1, 0.15) is 0 Å². The van der Waals surface area contributed by atoms with Crippen LogP contribution in [0.3, 0.4) is 0 Å². The molecule has 54 valence electrons. The minimum atomic E-state index is 0. The van der Waals surface area contributed by atoms with Crippen LogP contribution in [0.25, 0.3) is 0 Å². The second-order valence-electron chi connectivity index (χ2n) is 0. The molecule has 0 N–H and O–H groups in total. The van der Waals surface area contributed by atoms with Gasteiger partial charge in [-0.1, -0.05) is 0 Å². The second kappa shape index (κ2) is 62.0. The smallest absolute Gasteiger partial charge is 2.00 e. The molecule has 9 heavy (non-hydrogen) atoms. The van der Waals surface area contributed by atoms with Crippen LogP contribution < -0.4 is 0 Å². The molecule has 0 atom stereocenters. The standard InChI is InChI=1S/2Gd.3O.2Pu.2U/q2*+3;3*-2;;;;. The van der Waals surface area contributed by atoms with Crippen LogP contribution in [0.15, 0.2) is 0 Å². The normalized spacial score (nSPS) is 0. The van der Waals surface area contributed by atoms with Crippen molar-refractivity contribution < 1.29 is 217 Å². The summed E-state index contributed by atoms with van der Waals surface area (Å²) in [6.45, 7) is 0. The molecule has 9 heteroatoms. The van der Waals surface area contributed by atoms with Gasteiger partial charge in [0, 0.05) is 121 Å². The molecule has 0 aliphatic rings.